The van der Waals surface area contributed by atoms with Crippen LogP contribution in [0.5, 0.6) is 0 Å². The number of halogens is 2. The minimum absolute atomic E-state index is 0.229. The van der Waals surface area contributed by atoms with E-state index >= 15 is 0 Å². The van der Waals surface area contributed by atoms with E-state index in [4.69, 9.17) is 0 Å². The van der Waals surface area contributed by atoms with Gasteiger partial charge in [-0.1, -0.05) is 40.2 Å². The Balaban J connectivity index is 1.69. The van der Waals surface area contributed by atoms with E-state index in [0.717, 1.165) is 10.4 Å². The van der Waals surface area contributed by atoms with Crippen molar-refractivity contribution in [2.45, 2.75) is 25.3 Å². The van der Waals surface area contributed by atoms with Crippen molar-refractivity contribution in [2.75, 3.05) is 5.32 Å². The Labute approximate surface area is 121 Å². The van der Waals surface area contributed by atoms with Crippen LogP contribution in [0.4, 0.5) is 10.1 Å². The van der Waals surface area contributed by atoms with Crippen molar-refractivity contribution < 1.29 is 4.39 Å². The van der Waals surface area contributed by atoms with Crippen LogP contribution in [0, 0.1) is 5.82 Å². The molecule has 98 valence electrons. The Morgan fingerprint density at radius 3 is 2.74 bits per heavy atom. The van der Waals surface area contributed by atoms with Gasteiger partial charge in [0.1, 0.15) is 5.82 Å². The van der Waals surface area contributed by atoms with Crippen LogP contribution in [0.3, 0.4) is 0 Å². The lowest BCUT2D eigenvalue weighted by atomic mass is 10.1. The topological polar surface area (TPSA) is 12.0 Å². The molecule has 1 nitrogen and oxygen atoms in total. The van der Waals surface area contributed by atoms with E-state index in [1.165, 1.54) is 30.0 Å². The smallest absolute Gasteiger partial charge is 0.147 e. The van der Waals surface area contributed by atoms with Gasteiger partial charge in [-0.2, -0.15) is 0 Å². The van der Waals surface area contributed by atoms with Crippen molar-refractivity contribution in [1.82, 2.24) is 0 Å². The molecule has 0 saturated heterocycles. The van der Waals surface area contributed by atoms with Crippen LogP contribution in [0.1, 0.15) is 29.9 Å². The van der Waals surface area contributed by atoms with Gasteiger partial charge in [-0.25, -0.2) is 4.39 Å². The average Bonchev–Trinajstić information content (AvgIpc) is 3.22. The van der Waals surface area contributed by atoms with Gasteiger partial charge in [0, 0.05) is 11.0 Å². The first-order valence-corrected chi connectivity index (χ1v) is 7.29. The van der Waals surface area contributed by atoms with E-state index in [0.29, 0.717) is 12.2 Å². The van der Waals surface area contributed by atoms with Crippen molar-refractivity contribution in [3.8, 4) is 0 Å². The zero-order valence-electron chi connectivity index (χ0n) is 10.5. The van der Waals surface area contributed by atoms with Crippen molar-refractivity contribution in [2.24, 2.45) is 0 Å². The predicted molar refractivity (Wildman–Crippen MR) is 79.8 cm³/mol. The molecule has 2 aromatic rings. The minimum atomic E-state index is -0.229. The molecule has 1 N–H and O–H groups in total. The molecular weight excluding hydrogens is 305 g/mol. The maximum absolute atomic E-state index is 13.7. The third kappa shape index (κ3) is 3.16. The van der Waals surface area contributed by atoms with Gasteiger partial charge in [0.2, 0.25) is 0 Å². The molecule has 0 aliphatic heterocycles. The summed E-state index contributed by atoms with van der Waals surface area (Å²) >= 11 is 3.26. The van der Waals surface area contributed by atoms with Gasteiger partial charge >= 0.3 is 0 Å². The lowest BCUT2D eigenvalue weighted by Gasteiger charge is -2.09. The zero-order valence-corrected chi connectivity index (χ0v) is 12.1. The van der Waals surface area contributed by atoms with E-state index in [1.54, 1.807) is 6.07 Å². The van der Waals surface area contributed by atoms with Crippen LogP contribution in [-0.4, -0.2) is 0 Å². The molecule has 19 heavy (non-hydrogen) atoms. The Bertz CT molecular complexity index is 593. The molecule has 3 heteroatoms. The van der Waals surface area contributed by atoms with Gasteiger partial charge in [-0.05, 0) is 48.1 Å². The second-order valence-corrected chi connectivity index (χ2v) is 5.91. The molecule has 0 bridgehead atoms. The third-order valence-electron chi connectivity index (χ3n) is 3.41. The van der Waals surface area contributed by atoms with Gasteiger partial charge in [0.05, 0.1) is 5.69 Å². The SMILES string of the molecule is Fc1cc(Br)ccc1NCc1cccc(C2CC2)c1. The molecule has 0 spiro atoms. The number of benzene rings is 2. The van der Waals surface area contributed by atoms with Crippen molar-refractivity contribution in [3.63, 3.8) is 0 Å². The predicted octanol–water partition coefficient (Wildman–Crippen LogP) is 5.08. The zero-order chi connectivity index (χ0) is 13.2. The second-order valence-electron chi connectivity index (χ2n) is 5.00. The van der Waals surface area contributed by atoms with Gasteiger partial charge in [-0.15, -0.1) is 0 Å². The number of nitrogens with one attached hydrogen (secondary N) is 1. The number of anilines is 1. The Hall–Kier alpha value is -1.35. The molecule has 0 radical (unpaired) electrons. The molecule has 1 aliphatic carbocycles. The molecular formula is C16H15BrFN. The highest BCUT2D eigenvalue weighted by Crippen LogP contribution is 2.40. The monoisotopic (exact) mass is 319 g/mol. The average molecular weight is 320 g/mol. The summed E-state index contributed by atoms with van der Waals surface area (Å²) in [5.41, 5.74) is 3.15. The number of rotatable bonds is 4. The van der Waals surface area contributed by atoms with E-state index in [9.17, 15) is 4.39 Å². The highest BCUT2D eigenvalue weighted by Gasteiger charge is 2.23. The first kappa shape index (κ1) is 12.7. The van der Waals surface area contributed by atoms with E-state index in [1.807, 2.05) is 6.07 Å². The summed E-state index contributed by atoms with van der Waals surface area (Å²) in [6, 6.07) is 13.6. The molecule has 1 aliphatic rings. The van der Waals surface area contributed by atoms with Crippen LogP contribution in [0.2, 0.25) is 0 Å². The molecule has 0 aromatic heterocycles. The molecule has 1 saturated carbocycles. The fourth-order valence-electron chi connectivity index (χ4n) is 2.20. The normalized spacial score (nSPS) is 14.4. The van der Waals surface area contributed by atoms with E-state index in [2.05, 4.69) is 45.5 Å². The lowest BCUT2D eigenvalue weighted by Crippen LogP contribution is -2.01. The van der Waals surface area contributed by atoms with Crippen LogP contribution in [-0.2, 0) is 6.54 Å². The van der Waals surface area contributed by atoms with Crippen molar-refractivity contribution in [1.29, 1.82) is 0 Å². The van der Waals surface area contributed by atoms with Crippen LogP contribution in [0.15, 0.2) is 46.9 Å². The van der Waals surface area contributed by atoms with Gasteiger partial charge in [0.15, 0.2) is 0 Å². The third-order valence-corrected chi connectivity index (χ3v) is 3.91. The van der Waals surface area contributed by atoms with Crippen LogP contribution in [0.25, 0.3) is 0 Å². The largest absolute Gasteiger partial charge is 0.379 e. The van der Waals surface area contributed by atoms with Crippen molar-refractivity contribution in [3.05, 3.63) is 63.9 Å². The quantitative estimate of drug-likeness (QED) is 0.828. The van der Waals surface area contributed by atoms with Crippen LogP contribution < -0.4 is 5.32 Å². The molecule has 2 aromatic carbocycles. The van der Waals surface area contributed by atoms with Gasteiger partial charge in [0.25, 0.3) is 0 Å². The number of hydrogen-bond donors (Lipinski definition) is 1. The summed E-state index contributed by atoms with van der Waals surface area (Å²) in [7, 11) is 0. The summed E-state index contributed by atoms with van der Waals surface area (Å²) in [4.78, 5) is 0. The highest BCUT2D eigenvalue weighted by atomic mass is 79.9. The first-order chi connectivity index (χ1) is 9.22. The Morgan fingerprint density at radius 1 is 1.16 bits per heavy atom. The Morgan fingerprint density at radius 2 is 2.00 bits per heavy atom. The van der Waals surface area contributed by atoms with Gasteiger partial charge < -0.3 is 5.32 Å². The maximum Gasteiger partial charge on any atom is 0.147 e. The molecule has 0 unspecified atom stereocenters. The molecule has 0 atom stereocenters. The summed E-state index contributed by atoms with van der Waals surface area (Å²) in [5, 5.41) is 3.15. The Kier molecular flexibility index (Phi) is 3.56. The molecule has 0 amide bonds. The summed E-state index contributed by atoms with van der Waals surface area (Å²) in [6.07, 6.45) is 2.61. The number of hydrogen-bond acceptors (Lipinski definition) is 1. The van der Waals surface area contributed by atoms with E-state index in [-0.39, 0.29) is 5.82 Å². The summed E-state index contributed by atoms with van der Waals surface area (Å²) in [5.74, 6) is 0.525. The maximum atomic E-state index is 13.7. The molecule has 1 fully saturated rings. The molecule has 3 rings (SSSR count). The van der Waals surface area contributed by atoms with Gasteiger partial charge in [-0.3, -0.25) is 0 Å². The minimum Gasteiger partial charge on any atom is -0.379 e. The standard InChI is InChI=1S/C16H15BrFN/c17-14-6-7-16(15(18)9-14)19-10-11-2-1-3-13(8-11)12-4-5-12/h1-3,6-9,12,19H,4-5,10H2. The fourth-order valence-corrected chi connectivity index (χ4v) is 2.54. The van der Waals surface area contributed by atoms with Crippen LogP contribution >= 0.6 is 15.9 Å². The highest BCUT2D eigenvalue weighted by molar-refractivity contribution is 9.10. The summed E-state index contributed by atoms with van der Waals surface area (Å²) < 4.78 is 14.4. The van der Waals surface area contributed by atoms with E-state index < -0.39 is 0 Å². The fraction of sp³-hybridized carbons (Fsp3) is 0.250. The first-order valence-electron chi connectivity index (χ1n) is 6.50. The second kappa shape index (κ2) is 5.33. The summed E-state index contributed by atoms with van der Waals surface area (Å²) in [6.45, 7) is 0.652. The molecule has 0 heterocycles. The van der Waals surface area contributed by atoms with Crippen molar-refractivity contribution >= 4 is 21.6 Å². The lowest BCUT2D eigenvalue weighted by molar-refractivity contribution is 0.629.